The largest absolute Gasteiger partial charge is 0.506 e. The smallest absolute Gasteiger partial charge is 0.255 e. The van der Waals surface area contributed by atoms with Gasteiger partial charge in [0.2, 0.25) is 0 Å². The van der Waals surface area contributed by atoms with Gasteiger partial charge in [0.1, 0.15) is 5.75 Å². The standard InChI is InChI=1S/C13H14N2O2/c14-7-8-15-13(17)11-6-5-9-3-1-2-4-10(9)12(11)16/h1-6,16H,7-8,14H2,(H,15,17). The second kappa shape index (κ2) is 4.84. The predicted octanol–water partition coefficient (Wildman–Crippen LogP) is 1.23. The summed E-state index contributed by atoms with van der Waals surface area (Å²) in [6.45, 7) is 0.769. The third-order valence-corrected chi connectivity index (χ3v) is 2.58. The summed E-state index contributed by atoms with van der Waals surface area (Å²) >= 11 is 0. The summed E-state index contributed by atoms with van der Waals surface area (Å²) in [5.41, 5.74) is 5.58. The Morgan fingerprint density at radius 2 is 2.00 bits per heavy atom. The fourth-order valence-electron chi connectivity index (χ4n) is 1.72. The van der Waals surface area contributed by atoms with E-state index in [9.17, 15) is 9.90 Å². The third kappa shape index (κ3) is 2.21. The summed E-state index contributed by atoms with van der Waals surface area (Å²) in [5, 5.41) is 14.2. The number of rotatable bonds is 3. The van der Waals surface area contributed by atoms with E-state index in [1.54, 1.807) is 12.1 Å². The molecule has 0 aromatic heterocycles. The summed E-state index contributed by atoms with van der Waals surface area (Å²) < 4.78 is 0. The highest BCUT2D eigenvalue weighted by molar-refractivity contribution is 6.03. The second-order valence-electron chi connectivity index (χ2n) is 3.73. The van der Waals surface area contributed by atoms with Crippen molar-refractivity contribution < 1.29 is 9.90 Å². The highest BCUT2D eigenvalue weighted by Crippen LogP contribution is 2.28. The lowest BCUT2D eigenvalue weighted by molar-refractivity contribution is 0.0952. The van der Waals surface area contributed by atoms with Crippen molar-refractivity contribution in [3.05, 3.63) is 42.0 Å². The molecule has 0 unspecified atom stereocenters. The third-order valence-electron chi connectivity index (χ3n) is 2.58. The van der Waals surface area contributed by atoms with Crippen LogP contribution in [0.15, 0.2) is 36.4 Å². The maximum atomic E-state index is 11.7. The minimum absolute atomic E-state index is 0.0117. The minimum atomic E-state index is -0.307. The van der Waals surface area contributed by atoms with E-state index in [1.807, 2.05) is 24.3 Å². The highest BCUT2D eigenvalue weighted by atomic mass is 16.3. The molecular weight excluding hydrogens is 216 g/mol. The summed E-state index contributed by atoms with van der Waals surface area (Å²) in [6, 6.07) is 10.8. The van der Waals surface area contributed by atoms with Gasteiger partial charge in [-0.2, -0.15) is 0 Å². The molecule has 0 aliphatic rings. The van der Waals surface area contributed by atoms with E-state index in [-0.39, 0.29) is 17.2 Å². The van der Waals surface area contributed by atoms with Crippen molar-refractivity contribution in [3.8, 4) is 5.75 Å². The van der Waals surface area contributed by atoms with Gasteiger partial charge in [-0.25, -0.2) is 0 Å². The van der Waals surface area contributed by atoms with Crippen LogP contribution < -0.4 is 11.1 Å². The molecule has 0 fully saturated rings. The van der Waals surface area contributed by atoms with Crippen molar-refractivity contribution in [3.63, 3.8) is 0 Å². The second-order valence-corrected chi connectivity index (χ2v) is 3.73. The number of hydrogen-bond donors (Lipinski definition) is 3. The van der Waals surface area contributed by atoms with Crippen molar-refractivity contribution in [2.45, 2.75) is 0 Å². The summed E-state index contributed by atoms with van der Waals surface area (Å²) in [7, 11) is 0. The fraction of sp³-hybridized carbons (Fsp3) is 0.154. The van der Waals surface area contributed by atoms with Gasteiger partial charge in [0.25, 0.3) is 5.91 Å². The molecule has 2 aromatic rings. The molecule has 17 heavy (non-hydrogen) atoms. The van der Waals surface area contributed by atoms with E-state index < -0.39 is 0 Å². The van der Waals surface area contributed by atoms with Crippen LogP contribution in [0, 0.1) is 0 Å². The van der Waals surface area contributed by atoms with Crippen LogP contribution in [0.2, 0.25) is 0 Å². The molecule has 0 aliphatic carbocycles. The first-order chi connectivity index (χ1) is 8.24. The van der Waals surface area contributed by atoms with Gasteiger partial charge in [0.05, 0.1) is 5.56 Å². The molecule has 2 rings (SSSR count). The first kappa shape index (κ1) is 11.4. The SMILES string of the molecule is NCCNC(=O)c1ccc2ccccc2c1O. The van der Waals surface area contributed by atoms with Gasteiger partial charge in [0, 0.05) is 18.5 Å². The number of fused-ring (bicyclic) bond motifs is 1. The molecule has 1 amide bonds. The Balaban J connectivity index is 2.42. The van der Waals surface area contributed by atoms with Crippen molar-refractivity contribution in [1.29, 1.82) is 0 Å². The van der Waals surface area contributed by atoms with Crippen LogP contribution in [0.5, 0.6) is 5.75 Å². The monoisotopic (exact) mass is 230 g/mol. The molecule has 0 bridgehead atoms. The van der Waals surface area contributed by atoms with Crippen LogP contribution in [-0.2, 0) is 0 Å². The molecule has 88 valence electrons. The number of benzene rings is 2. The van der Waals surface area contributed by atoms with Gasteiger partial charge in [-0.3, -0.25) is 4.79 Å². The van der Waals surface area contributed by atoms with Crippen LogP contribution >= 0.6 is 0 Å². The number of nitrogens with one attached hydrogen (secondary N) is 1. The van der Waals surface area contributed by atoms with Crippen LogP contribution in [0.25, 0.3) is 10.8 Å². The summed E-state index contributed by atoms with van der Waals surface area (Å²) in [4.78, 5) is 11.7. The molecule has 0 spiro atoms. The van der Waals surface area contributed by atoms with Crippen LogP contribution in [0.4, 0.5) is 0 Å². The van der Waals surface area contributed by atoms with E-state index in [1.165, 1.54) is 0 Å². The molecule has 0 atom stereocenters. The molecular formula is C13H14N2O2. The Kier molecular flexibility index (Phi) is 3.25. The fourth-order valence-corrected chi connectivity index (χ4v) is 1.72. The Labute approximate surface area is 99.1 Å². The lowest BCUT2D eigenvalue weighted by atomic mass is 10.0. The number of nitrogens with two attached hydrogens (primary N) is 1. The Morgan fingerprint density at radius 1 is 1.24 bits per heavy atom. The molecule has 4 heteroatoms. The summed E-state index contributed by atoms with van der Waals surface area (Å²) in [6.07, 6.45) is 0. The lowest BCUT2D eigenvalue weighted by Gasteiger charge is -2.08. The molecule has 4 nitrogen and oxygen atoms in total. The lowest BCUT2D eigenvalue weighted by Crippen LogP contribution is -2.29. The zero-order chi connectivity index (χ0) is 12.3. The van der Waals surface area contributed by atoms with Gasteiger partial charge in [-0.1, -0.05) is 30.3 Å². The topological polar surface area (TPSA) is 75.3 Å². The highest BCUT2D eigenvalue weighted by Gasteiger charge is 2.12. The normalized spacial score (nSPS) is 10.4. The maximum Gasteiger partial charge on any atom is 0.255 e. The first-order valence-corrected chi connectivity index (χ1v) is 5.43. The van der Waals surface area contributed by atoms with Crippen molar-refractivity contribution in [2.24, 2.45) is 5.73 Å². The summed E-state index contributed by atoms with van der Waals surface area (Å²) in [5.74, 6) is -0.295. The molecule has 0 heterocycles. The molecule has 0 radical (unpaired) electrons. The van der Waals surface area contributed by atoms with Gasteiger partial charge in [-0.15, -0.1) is 0 Å². The predicted molar refractivity (Wildman–Crippen MR) is 67.0 cm³/mol. The van der Waals surface area contributed by atoms with E-state index >= 15 is 0 Å². The number of phenols is 1. The quantitative estimate of drug-likeness (QED) is 0.742. The number of carbonyl (C=O) groups is 1. The zero-order valence-electron chi connectivity index (χ0n) is 9.31. The Bertz CT molecular complexity index is 552. The van der Waals surface area contributed by atoms with Crippen LogP contribution in [-0.4, -0.2) is 24.1 Å². The average molecular weight is 230 g/mol. The van der Waals surface area contributed by atoms with Crippen molar-refractivity contribution >= 4 is 16.7 Å². The number of aromatic hydroxyl groups is 1. The molecule has 0 saturated heterocycles. The number of hydrogen-bond acceptors (Lipinski definition) is 3. The van der Waals surface area contributed by atoms with Crippen LogP contribution in [0.1, 0.15) is 10.4 Å². The Hall–Kier alpha value is -2.07. The number of phenolic OH excluding ortho intramolecular Hbond substituents is 1. The van der Waals surface area contributed by atoms with E-state index in [4.69, 9.17) is 5.73 Å². The Morgan fingerprint density at radius 3 is 2.76 bits per heavy atom. The molecule has 4 N–H and O–H groups in total. The van der Waals surface area contributed by atoms with E-state index in [0.717, 1.165) is 5.39 Å². The van der Waals surface area contributed by atoms with Gasteiger partial charge in [0.15, 0.2) is 0 Å². The minimum Gasteiger partial charge on any atom is -0.506 e. The van der Waals surface area contributed by atoms with Crippen molar-refractivity contribution in [1.82, 2.24) is 5.32 Å². The van der Waals surface area contributed by atoms with Gasteiger partial charge >= 0.3 is 0 Å². The maximum absolute atomic E-state index is 11.7. The van der Waals surface area contributed by atoms with E-state index in [2.05, 4.69) is 5.32 Å². The molecule has 2 aromatic carbocycles. The molecule has 0 saturated carbocycles. The number of amides is 1. The van der Waals surface area contributed by atoms with Crippen molar-refractivity contribution in [2.75, 3.05) is 13.1 Å². The van der Waals surface area contributed by atoms with E-state index in [0.29, 0.717) is 18.5 Å². The average Bonchev–Trinajstić information content (AvgIpc) is 2.37. The van der Waals surface area contributed by atoms with Gasteiger partial charge in [-0.05, 0) is 11.5 Å². The molecule has 0 aliphatic heterocycles. The van der Waals surface area contributed by atoms with Crippen LogP contribution in [0.3, 0.4) is 0 Å². The zero-order valence-corrected chi connectivity index (χ0v) is 9.31. The number of carbonyl (C=O) groups excluding carboxylic acids is 1. The van der Waals surface area contributed by atoms with Gasteiger partial charge < -0.3 is 16.2 Å². The first-order valence-electron chi connectivity index (χ1n) is 5.43.